The second-order valence-electron chi connectivity index (χ2n) is 5.20. The Hall–Kier alpha value is -1.32. The van der Waals surface area contributed by atoms with Crippen LogP contribution in [-0.2, 0) is 0 Å². The first kappa shape index (κ1) is 12.1. The van der Waals surface area contributed by atoms with Crippen molar-refractivity contribution in [3.8, 4) is 0 Å². The molecule has 0 aliphatic rings. The number of nitrogens with two attached hydrogens (primary N) is 1. The van der Waals surface area contributed by atoms with Gasteiger partial charge < -0.3 is 16.0 Å². The Balaban J connectivity index is 2.51. The Kier molecular flexibility index (Phi) is 3.22. The fraction of sp³-hybridized carbons (Fsp3) is 0.429. The molecule has 3 heteroatoms. The summed E-state index contributed by atoms with van der Waals surface area (Å²) in [4.78, 5) is 3.32. The second kappa shape index (κ2) is 4.51. The van der Waals surface area contributed by atoms with Gasteiger partial charge in [-0.1, -0.05) is 32.0 Å². The van der Waals surface area contributed by atoms with Crippen molar-refractivity contribution in [2.24, 2.45) is 11.1 Å². The molecular formula is C14H21N3. The molecule has 0 saturated heterocycles. The van der Waals surface area contributed by atoms with Gasteiger partial charge in [0.2, 0.25) is 0 Å². The molecule has 1 aromatic heterocycles. The number of benzene rings is 1. The van der Waals surface area contributed by atoms with Crippen molar-refractivity contribution in [1.29, 1.82) is 0 Å². The van der Waals surface area contributed by atoms with Gasteiger partial charge in [0.05, 0.1) is 0 Å². The van der Waals surface area contributed by atoms with E-state index in [0.717, 1.165) is 0 Å². The summed E-state index contributed by atoms with van der Waals surface area (Å²) in [6, 6.07) is 8.62. The lowest BCUT2D eigenvalue weighted by molar-refractivity contribution is 0.267. The van der Waals surface area contributed by atoms with E-state index in [0.29, 0.717) is 6.54 Å². The minimum Gasteiger partial charge on any atom is -0.361 e. The van der Waals surface area contributed by atoms with E-state index in [9.17, 15) is 0 Å². The van der Waals surface area contributed by atoms with Gasteiger partial charge in [-0.05, 0) is 30.6 Å². The van der Waals surface area contributed by atoms with E-state index in [1.165, 1.54) is 16.5 Å². The third-order valence-electron chi connectivity index (χ3n) is 3.53. The highest BCUT2D eigenvalue weighted by molar-refractivity contribution is 5.83. The predicted octanol–water partition coefficient (Wildman–Crippen LogP) is 2.41. The molecule has 0 bridgehead atoms. The van der Waals surface area contributed by atoms with Crippen LogP contribution in [0.25, 0.3) is 10.9 Å². The topological polar surface area (TPSA) is 53.8 Å². The maximum Gasteiger partial charge on any atom is 0.0457 e. The van der Waals surface area contributed by atoms with Gasteiger partial charge in [-0.25, -0.2) is 0 Å². The molecule has 0 spiro atoms. The van der Waals surface area contributed by atoms with Gasteiger partial charge in [0.1, 0.15) is 0 Å². The fourth-order valence-electron chi connectivity index (χ4n) is 2.42. The first-order chi connectivity index (χ1) is 8.10. The Labute approximate surface area is 102 Å². The largest absolute Gasteiger partial charge is 0.361 e. The maximum absolute atomic E-state index is 5.88. The molecule has 0 fully saturated rings. The SMILES string of the molecule is CNC(c1c[nH]c2ccccc12)C(C)(C)CN. The Morgan fingerprint density at radius 3 is 2.71 bits per heavy atom. The van der Waals surface area contributed by atoms with E-state index in [4.69, 9.17) is 5.73 Å². The average Bonchev–Trinajstić information content (AvgIpc) is 2.74. The zero-order valence-corrected chi connectivity index (χ0v) is 10.7. The highest BCUT2D eigenvalue weighted by Gasteiger charge is 2.29. The Morgan fingerprint density at radius 2 is 2.06 bits per heavy atom. The van der Waals surface area contributed by atoms with Crippen molar-refractivity contribution >= 4 is 10.9 Å². The first-order valence-electron chi connectivity index (χ1n) is 6.03. The van der Waals surface area contributed by atoms with E-state index in [1.54, 1.807) is 0 Å². The van der Waals surface area contributed by atoms with Crippen molar-refractivity contribution in [3.05, 3.63) is 36.0 Å². The number of fused-ring (bicyclic) bond motifs is 1. The van der Waals surface area contributed by atoms with Crippen LogP contribution in [0.2, 0.25) is 0 Å². The minimum atomic E-state index is 0.0275. The summed E-state index contributed by atoms with van der Waals surface area (Å²) in [6.45, 7) is 5.03. The molecule has 2 aromatic rings. The second-order valence-corrected chi connectivity index (χ2v) is 5.20. The molecule has 0 aliphatic heterocycles. The molecule has 0 amide bonds. The van der Waals surface area contributed by atoms with E-state index in [-0.39, 0.29) is 11.5 Å². The normalized spacial score (nSPS) is 14.1. The van der Waals surface area contributed by atoms with Crippen LogP contribution >= 0.6 is 0 Å². The molecule has 0 radical (unpaired) electrons. The highest BCUT2D eigenvalue weighted by Crippen LogP contribution is 2.35. The lowest BCUT2D eigenvalue weighted by Crippen LogP contribution is -2.37. The molecule has 92 valence electrons. The first-order valence-corrected chi connectivity index (χ1v) is 6.03. The number of aromatic nitrogens is 1. The van der Waals surface area contributed by atoms with Crippen LogP contribution in [0, 0.1) is 5.41 Å². The lowest BCUT2D eigenvalue weighted by Gasteiger charge is -2.33. The molecule has 1 heterocycles. The summed E-state index contributed by atoms with van der Waals surface area (Å²) in [5.74, 6) is 0. The van der Waals surface area contributed by atoms with Gasteiger partial charge >= 0.3 is 0 Å². The van der Waals surface area contributed by atoms with E-state index in [2.05, 4.69) is 48.5 Å². The van der Waals surface area contributed by atoms with Crippen molar-refractivity contribution in [3.63, 3.8) is 0 Å². The molecule has 1 unspecified atom stereocenters. The molecule has 17 heavy (non-hydrogen) atoms. The standard InChI is InChI=1S/C14H21N3/c1-14(2,9-15)13(16-3)11-8-17-12-7-5-4-6-10(11)12/h4-8,13,16-17H,9,15H2,1-3H3. The number of hydrogen-bond acceptors (Lipinski definition) is 2. The summed E-state index contributed by atoms with van der Waals surface area (Å²) >= 11 is 0. The third-order valence-corrected chi connectivity index (χ3v) is 3.53. The van der Waals surface area contributed by atoms with Gasteiger partial charge in [-0.15, -0.1) is 0 Å². The molecule has 3 nitrogen and oxygen atoms in total. The van der Waals surface area contributed by atoms with Crippen LogP contribution in [0.1, 0.15) is 25.5 Å². The number of H-pyrrole nitrogens is 1. The van der Waals surface area contributed by atoms with Crippen molar-refractivity contribution in [2.45, 2.75) is 19.9 Å². The van der Waals surface area contributed by atoms with Crippen LogP contribution in [0.3, 0.4) is 0 Å². The smallest absolute Gasteiger partial charge is 0.0457 e. The van der Waals surface area contributed by atoms with Crippen molar-refractivity contribution < 1.29 is 0 Å². The van der Waals surface area contributed by atoms with Crippen LogP contribution in [0.15, 0.2) is 30.5 Å². The zero-order chi connectivity index (χ0) is 12.5. The van der Waals surface area contributed by atoms with Crippen LogP contribution in [0.4, 0.5) is 0 Å². The van der Waals surface area contributed by atoms with Gasteiger partial charge in [0.15, 0.2) is 0 Å². The van der Waals surface area contributed by atoms with Crippen LogP contribution in [0.5, 0.6) is 0 Å². The van der Waals surface area contributed by atoms with Crippen molar-refractivity contribution in [2.75, 3.05) is 13.6 Å². The number of rotatable bonds is 4. The number of nitrogens with one attached hydrogen (secondary N) is 2. The molecule has 4 N–H and O–H groups in total. The van der Waals surface area contributed by atoms with Crippen LogP contribution < -0.4 is 11.1 Å². The number of para-hydroxylation sites is 1. The number of hydrogen-bond donors (Lipinski definition) is 3. The summed E-state index contributed by atoms with van der Waals surface area (Å²) in [5, 5.41) is 4.66. The monoisotopic (exact) mass is 231 g/mol. The van der Waals surface area contributed by atoms with Crippen molar-refractivity contribution in [1.82, 2.24) is 10.3 Å². The van der Waals surface area contributed by atoms with E-state index >= 15 is 0 Å². The number of aromatic amines is 1. The molecule has 1 aromatic carbocycles. The average molecular weight is 231 g/mol. The highest BCUT2D eigenvalue weighted by atomic mass is 14.9. The molecule has 0 saturated carbocycles. The Bertz CT molecular complexity index is 499. The van der Waals surface area contributed by atoms with Crippen LogP contribution in [-0.4, -0.2) is 18.6 Å². The molecular weight excluding hydrogens is 210 g/mol. The summed E-state index contributed by atoms with van der Waals surface area (Å²) in [7, 11) is 1.99. The predicted molar refractivity (Wildman–Crippen MR) is 72.9 cm³/mol. The lowest BCUT2D eigenvalue weighted by atomic mass is 9.80. The minimum absolute atomic E-state index is 0.0275. The Morgan fingerprint density at radius 1 is 1.35 bits per heavy atom. The molecule has 2 rings (SSSR count). The van der Waals surface area contributed by atoms with Gasteiger partial charge in [-0.2, -0.15) is 0 Å². The van der Waals surface area contributed by atoms with Gasteiger partial charge in [0, 0.05) is 23.1 Å². The molecule has 1 atom stereocenters. The summed E-state index contributed by atoms with van der Waals surface area (Å²) < 4.78 is 0. The molecule has 0 aliphatic carbocycles. The summed E-state index contributed by atoms with van der Waals surface area (Å²) in [6.07, 6.45) is 2.09. The maximum atomic E-state index is 5.88. The zero-order valence-electron chi connectivity index (χ0n) is 10.7. The van der Waals surface area contributed by atoms with Gasteiger partial charge in [0.25, 0.3) is 0 Å². The summed E-state index contributed by atoms with van der Waals surface area (Å²) in [5.41, 5.74) is 8.38. The van der Waals surface area contributed by atoms with E-state index < -0.39 is 0 Å². The van der Waals surface area contributed by atoms with Gasteiger partial charge in [-0.3, -0.25) is 0 Å². The third kappa shape index (κ3) is 2.08. The fourth-order valence-corrected chi connectivity index (χ4v) is 2.42. The van der Waals surface area contributed by atoms with E-state index in [1.807, 2.05) is 13.1 Å². The quantitative estimate of drug-likeness (QED) is 0.757.